The van der Waals surface area contributed by atoms with E-state index >= 15 is 0 Å². The molecule has 0 fully saturated rings. The fraction of sp³-hybridized carbons (Fsp3) is 0.100. The maximum absolute atomic E-state index is 10.3. The Hall–Kier alpha value is -1.29. The maximum Gasteiger partial charge on any atom is 0.328 e. The number of methoxy groups -OCH3 is 1. The number of halogens is 1. The molecule has 1 aromatic rings. The van der Waals surface area contributed by atoms with Gasteiger partial charge >= 0.3 is 5.97 Å². The van der Waals surface area contributed by atoms with Crippen LogP contribution in [0.5, 0.6) is 5.75 Å². The van der Waals surface area contributed by atoms with Gasteiger partial charge in [-0.05, 0) is 23.8 Å². The molecule has 0 unspecified atom stereocenters. The molecule has 0 spiro atoms. The Bertz CT molecular complexity index is 372. The van der Waals surface area contributed by atoms with E-state index < -0.39 is 5.97 Å². The molecule has 3 nitrogen and oxygen atoms in total. The summed E-state index contributed by atoms with van der Waals surface area (Å²) < 4.78 is 5.81. The van der Waals surface area contributed by atoms with Gasteiger partial charge in [-0.3, -0.25) is 0 Å². The van der Waals surface area contributed by atoms with Crippen molar-refractivity contribution in [1.82, 2.24) is 0 Å². The van der Waals surface area contributed by atoms with E-state index in [1.165, 1.54) is 6.08 Å². The number of carboxylic acid groups (broad SMARTS) is 1. The first kappa shape index (κ1) is 10.8. The van der Waals surface area contributed by atoms with Gasteiger partial charge in [-0.1, -0.05) is 22.0 Å². The standard InChI is InChI=1S/C10H9BrO3/c1-14-8-4-2-7(9(11)6-8)3-5-10(12)13/h2-6H,1H3,(H,12,13)/b5-3+. The predicted octanol–water partition coefficient (Wildman–Crippen LogP) is 2.56. The molecule has 0 bridgehead atoms. The average Bonchev–Trinajstić information content (AvgIpc) is 2.15. The molecule has 4 heteroatoms. The number of ether oxygens (including phenoxy) is 1. The van der Waals surface area contributed by atoms with Gasteiger partial charge in [0.05, 0.1) is 7.11 Å². The molecule has 14 heavy (non-hydrogen) atoms. The lowest BCUT2D eigenvalue weighted by Crippen LogP contribution is -1.87. The Labute approximate surface area is 90.1 Å². The van der Waals surface area contributed by atoms with Crippen LogP contribution in [-0.2, 0) is 4.79 Å². The van der Waals surface area contributed by atoms with Crippen molar-refractivity contribution in [2.45, 2.75) is 0 Å². The third-order valence-electron chi connectivity index (χ3n) is 1.61. The largest absolute Gasteiger partial charge is 0.497 e. The highest BCUT2D eigenvalue weighted by atomic mass is 79.9. The van der Waals surface area contributed by atoms with Crippen molar-refractivity contribution in [2.24, 2.45) is 0 Å². The minimum atomic E-state index is -0.965. The van der Waals surface area contributed by atoms with Crippen molar-refractivity contribution >= 4 is 28.0 Å². The first-order valence-electron chi connectivity index (χ1n) is 3.88. The van der Waals surface area contributed by atoms with E-state index in [0.29, 0.717) is 0 Å². The lowest BCUT2D eigenvalue weighted by atomic mass is 10.2. The van der Waals surface area contributed by atoms with E-state index in [2.05, 4.69) is 15.9 Å². The molecule has 0 aliphatic carbocycles. The summed E-state index contributed by atoms with van der Waals surface area (Å²) in [6.07, 6.45) is 2.61. The summed E-state index contributed by atoms with van der Waals surface area (Å²) in [5.74, 6) is -0.239. The van der Waals surface area contributed by atoms with Crippen LogP contribution in [0.1, 0.15) is 5.56 Å². The number of aliphatic carboxylic acids is 1. The van der Waals surface area contributed by atoms with Gasteiger partial charge in [-0.2, -0.15) is 0 Å². The van der Waals surface area contributed by atoms with Crippen LogP contribution in [0, 0.1) is 0 Å². The smallest absolute Gasteiger partial charge is 0.328 e. The molecule has 0 saturated heterocycles. The third kappa shape index (κ3) is 2.88. The average molecular weight is 257 g/mol. The van der Waals surface area contributed by atoms with Gasteiger partial charge in [0.2, 0.25) is 0 Å². The maximum atomic E-state index is 10.3. The molecule has 0 amide bonds. The second-order valence-electron chi connectivity index (χ2n) is 2.56. The number of carbonyl (C=O) groups is 1. The molecule has 1 rings (SSSR count). The molecular weight excluding hydrogens is 248 g/mol. The first-order valence-corrected chi connectivity index (χ1v) is 4.67. The number of benzene rings is 1. The fourth-order valence-corrected chi connectivity index (χ4v) is 1.42. The van der Waals surface area contributed by atoms with Crippen molar-refractivity contribution in [3.05, 3.63) is 34.3 Å². The molecule has 0 aromatic heterocycles. The van der Waals surface area contributed by atoms with Gasteiger partial charge in [-0.15, -0.1) is 0 Å². The highest BCUT2D eigenvalue weighted by Crippen LogP contribution is 2.23. The van der Waals surface area contributed by atoms with Gasteiger partial charge in [0, 0.05) is 10.5 Å². The molecule has 0 saturated carbocycles. The van der Waals surface area contributed by atoms with E-state index in [4.69, 9.17) is 9.84 Å². The zero-order valence-corrected chi connectivity index (χ0v) is 9.11. The lowest BCUT2D eigenvalue weighted by Gasteiger charge is -2.02. The van der Waals surface area contributed by atoms with Gasteiger partial charge in [0.25, 0.3) is 0 Å². The second-order valence-corrected chi connectivity index (χ2v) is 3.41. The molecule has 74 valence electrons. The monoisotopic (exact) mass is 256 g/mol. The van der Waals surface area contributed by atoms with Gasteiger partial charge in [-0.25, -0.2) is 4.79 Å². The van der Waals surface area contributed by atoms with Crippen LogP contribution in [-0.4, -0.2) is 18.2 Å². The highest BCUT2D eigenvalue weighted by molar-refractivity contribution is 9.10. The van der Waals surface area contributed by atoms with Crippen LogP contribution in [0.25, 0.3) is 6.08 Å². The second kappa shape index (κ2) is 4.81. The minimum Gasteiger partial charge on any atom is -0.497 e. The van der Waals surface area contributed by atoms with E-state index in [9.17, 15) is 4.79 Å². The third-order valence-corrected chi connectivity index (χ3v) is 2.30. The van der Waals surface area contributed by atoms with Crippen molar-refractivity contribution in [3.63, 3.8) is 0 Å². The highest BCUT2D eigenvalue weighted by Gasteiger charge is 1.98. The molecule has 0 aliphatic heterocycles. The molecule has 0 radical (unpaired) electrons. The summed E-state index contributed by atoms with van der Waals surface area (Å²) in [7, 11) is 1.58. The number of hydrogen-bond acceptors (Lipinski definition) is 2. The minimum absolute atomic E-state index is 0.726. The Morgan fingerprint density at radius 3 is 2.79 bits per heavy atom. The van der Waals surface area contributed by atoms with E-state index in [1.54, 1.807) is 25.3 Å². The van der Waals surface area contributed by atoms with Crippen LogP contribution < -0.4 is 4.74 Å². The summed E-state index contributed by atoms with van der Waals surface area (Å²) in [6.45, 7) is 0. The molecule has 1 N–H and O–H groups in total. The van der Waals surface area contributed by atoms with Gasteiger partial charge in [0.15, 0.2) is 0 Å². The number of hydrogen-bond donors (Lipinski definition) is 1. The molecule has 0 aliphatic rings. The Morgan fingerprint density at radius 1 is 1.57 bits per heavy atom. The van der Waals surface area contributed by atoms with Crippen LogP contribution in [0.2, 0.25) is 0 Å². The SMILES string of the molecule is COc1ccc(/C=C/C(=O)O)c(Br)c1. The van der Waals surface area contributed by atoms with Crippen molar-refractivity contribution in [2.75, 3.05) is 7.11 Å². The van der Waals surface area contributed by atoms with Crippen molar-refractivity contribution in [1.29, 1.82) is 0 Å². The first-order chi connectivity index (χ1) is 6.63. The van der Waals surface area contributed by atoms with Crippen molar-refractivity contribution < 1.29 is 14.6 Å². The molecule has 0 atom stereocenters. The van der Waals surface area contributed by atoms with Crippen LogP contribution in [0.15, 0.2) is 28.7 Å². The van der Waals surface area contributed by atoms with Gasteiger partial charge in [0.1, 0.15) is 5.75 Å². The molecular formula is C10H9BrO3. The normalized spacial score (nSPS) is 10.4. The zero-order chi connectivity index (χ0) is 10.6. The Kier molecular flexibility index (Phi) is 3.71. The van der Waals surface area contributed by atoms with E-state index in [-0.39, 0.29) is 0 Å². The van der Waals surface area contributed by atoms with Crippen LogP contribution >= 0.6 is 15.9 Å². The van der Waals surface area contributed by atoms with E-state index in [1.807, 2.05) is 0 Å². The summed E-state index contributed by atoms with van der Waals surface area (Å²) in [6, 6.07) is 5.33. The summed E-state index contributed by atoms with van der Waals surface area (Å²) in [4.78, 5) is 10.3. The van der Waals surface area contributed by atoms with Gasteiger partial charge < -0.3 is 9.84 Å². The zero-order valence-electron chi connectivity index (χ0n) is 7.53. The molecule has 0 heterocycles. The van der Waals surface area contributed by atoms with Crippen LogP contribution in [0.3, 0.4) is 0 Å². The number of rotatable bonds is 3. The summed E-state index contributed by atoms with van der Waals surface area (Å²) >= 11 is 3.31. The predicted molar refractivity (Wildman–Crippen MR) is 57.4 cm³/mol. The quantitative estimate of drug-likeness (QED) is 0.846. The fourth-order valence-electron chi connectivity index (χ4n) is 0.931. The van der Waals surface area contributed by atoms with Crippen molar-refractivity contribution in [3.8, 4) is 5.75 Å². The summed E-state index contributed by atoms with van der Waals surface area (Å²) in [5.41, 5.74) is 0.799. The Morgan fingerprint density at radius 2 is 2.29 bits per heavy atom. The summed E-state index contributed by atoms with van der Waals surface area (Å²) in [5, 5.41) is 8.44. The van der Waals surface area contributed by atoms with E-state index in [0.717, 1.165) is 21.9 Å². The number of carboxylic acids is 1. The topological polar surface area (TPSA) is 46.5 Å². The van der Waals surface area contributed by atoms with Crippen LogP contribution in [0.4, 0.5) is 0 Å². The lowest BCUT2D eigenvalue weighted by molar-refractivity contribution is -0.131. The molecule has 1 aromatic carbocycles. The Balaban J connectivity index is 2.94.